The van der Waals surface area contributed by atoms with Crippen molar-refractivity contribution < 1.29 is 14.3 Å². The maximum atomic E-state index is 12.6. The maximum absolute atomic E-state index is 12.6. The van der Waals surface area contributed by atoms with Crippen molar-refractivity contribution in [2.24, 2.45) is 0 Å². The van der Waals surface area contributed by atoms with Gasteiger partial charge in [0.2, 0.25) is 0 Å². The number of thiazole rings is 1. The van der Waals surface area contributed by atoms with Crippen molar-refractivity contribution in [3.63, 3.8) is 0 Å². The molecular weight excluding hydrogens is 324 g/mol. The monoisotopic (exact) mass is 338 g/mol. The van der Waals surface area contributed by atoms with Gasteiger partial charge in [-0.2, -0.15) is 0 Å². The van der Waals surface area contributed by atoms with Crippen LogP contribution in [0.4, 0.5) is 0 Å². The standard InChI is InChI=1S/C15H15ClN2O3S/c1-20-13-3-2-10(16)8-12(13)14(19)18-6-4-11(9-18)21-15-17-5-7-22-15/h2-3,5,7-8,11H,4,6,9H2,1H3. The zero-order valence-electron chi connectivity index (χ0n) is 12.0. The molecule has 1 aliphatic rings. The summed E-state index contributed by atoms with van der Waals surface area (Å²) >= 11 is 7.44. The summed E-state index contributed by atoms with van der Waals surface area (Å²) in [6.45, 7) is 1.18. The van der Waals surface area contributed by atoms with Crippen LogP contribution < -0.4 is 9.47 Å². The summed E-state index contributed by atoms with van der Waals surface area (Å²) in [7, 11) is 1.54. The Morgan fingerprint density at radius 1 is 1.50 bits per heavy atom. The fourth-order valence-corrected chi connectivity index (χ4v) is 3.16. The zero-order chi connectivity index (χ0) is 15.5. The molecule has 1 atom stereocenters. The first-order valence-electron chi connectivity index (χ1n) is 6.86. The largest absolute Gasteiger partial charge is 0.496 e. The fourth-order valence-electron chi connectivity index (χ4n) is 2.44. The van der Waals surface area contributed by atoms with Crippen LogP contribution in [0.3, 0.4) is 0 Å². The molecule has 22 heavy (non-hydrogen) atoms. The summed E-state index contributed by atoms with van der Waals surface area (Å²) in [5.74, 6) is 0.434. The predicted molar refractivity (Wildman–Crippen MR) is 85.1 cm³/mol. The first kappa shape index (κ1) is 15.1. The molecule has 2 heterocycles. The number of halogens is 1. The van der Waals surface area contributed by atoms with E-state index in [4.69, 9.17) is 21.1 Å². The van der Waals surface area contributed by atoms with Crippen LogP contribution in [0, 0.1) is 0 Å². The van der Waals surface area contributed by atoms with Gasteiger partial charge in [0.05, 0.1) is 19.2 Å². The smallest absolute Gasteiger partial charge is 0.273 e. The Morgan fingerprint density at radius 3 is 3.09 bits per heavy atom. The highest BCUT2D eigenvalue weighted by Crippen LogP contribution is 2.26. The predicted octanol–water partition coefficient (Wildman–Crippen LogP) is 3.10. The highest BCUT2D eigenvalue weighted by molar-refractivity contribution is 7.11. The summed E-state index contributed by atoms with van der Waals surface area (Å²) in [5, 5.41) is 3.02. The Kier molecular flexibility index (Phi) is 4.49. The van der Waals surface area contributed by atoms with Gasteiger partial charge in [-0.1, -0.05) is 22.9 Å². The third-order valence-electron chi connectivity index (χ3n) is 3.50. The number of amides is 1. The Morgan fingerprint density at radius 2 is 2.36 bits per heavy atom. The molecule has 3 rings (SSSR count). The third-order valence-corrected chi connectivity index (χ3v) is 4.40. The minimum atomic E-state index is -0.0930. The highest BCUT2D eigenvalue weighted by atomic mass is 35.5. The molecule has 1 saturated heterocycles. The third kappa shape index (κ3) is 3.18. The van der Waals surface area contributed by atoms with E-state index in [1.54, 1.807) is 36.4 Å². The van der Waals surface area contributed by atoms with Crippen LogP contribution in [-0.2, 0) is 0 Å². The fraction of sp³-hybridized carbons (Fsp3) is 0.333. The van der Waals surface area contributed by atoms with Crippen LogP contribution in [0.1, 0.15) is 16.8 Å². The van der Waals surface area contributed by atoms with Gasteiger partial charge < -0.3 is 14.4 Å². The van der Waals surface area contributed by atoms with Gasteiger partial charge >= 0.3 is 0 Å². The van der Waals surface area contributed by atoms with E-state index >= 15 is 0 Å². The van der Waals surface area contributed by atoms with Gasteiger partial charge in [0.25, 0.3) is 11.1 Å². The van der Waals surface area contributed by atoms with E-state index in [2.05, 4.69) is 4.98 Å². The Balaban J connectivity index is 1.70. The van der Waals surface area contributed by atoms with Gasteiger partial charge in [-0.05, 0) is 18.2 Å². The van der Waals surface area contributed by atoms with Crippen molar-refractivity contribution in [1.82, 2.24) is 9.88 Å². The summed E-state index contributed by atoms with van der Waals surface area (Å²) < 4.78 is 11.0. The minimum absolute atomic E-state index is 0.0275. The second kappa shape index (κ2) is 6.54. The number of methoxy groups -OCH3 is 1. The molecule has 0 N–H and O–H groups in total. The number of ether oxygens (including phenoxy) is 2. The van der Waals surface area contributed by atoms with E-state index < -0.39 is 0 Å². The van der Waals surface area contributed by atoms with Crippen LogP contribution in [0.5, 0.6) is 10.9 Å². The number of rotatable bonds is 4. The van der Waals surface area contributed by atoms with E-state index in [1.807, 2.05) is 5.38 Å². The Bertz CT molecular complexity index is 663. The molecule has 1 amide bonds. The first-order valence-corrected chi connectivity index (χ1v) is 8.12. The topological polar surface area (TPSA) is 51.7 Å². The van der Waals surface area contributed by atoms with Gasteiger partial charge in [-0.25, -0.2) is 4.98 Å². The molecular formula is C15H15ClN2O3S. The Labute approximate surface area is 137 Å². The summed E-state index contributed by atoms with van der Waals surface area (Å²) in [6.07, 6.45) is 2.46. The number of carbonyl (C=O) groups is 1. The number of aromatic nitrogens is 1. The van der Waals surface area contributed by atoms with Crippen molar-refractivity contribution >= 4 is 28.8 Å². The second-order valence-electron chi connectivity index (χ2n) is 4.92. The lowest BCUT2D eigenvalue weighted by atomic mass is 10.1. The van der Waals surface area contributed by atoms with E-state index in [0.717, 1.165) is 6.42 Å². The molecule has 0 bridgehead atoms. The van der Waals surface area contributed by atoms with Crippen LogP contribution in [0.15, 0.2) is 29.8 Å². The van der Waals surface area contributed by atoms with Crippen LogP contribution >= 0.6 is 22.9 Å². The van der Waals surface area contributed by atoms with E-state index in [0.29, 0.717) is 34.6 Å². The van der Waals surface area contributed by atoms with E-state index in [-0.39, 0.29) is 12.0 Å². The number of hydrogen-bond acceptors (Lipinski definition) is 5. The first-order chi connectivity index (χ1) is 10.7. The van der Waals surface area contributed by atoms with Crippen molar-refractivity contribution in [1.29, 1.82) is 0 Å². The Hall–Kier alpha value is -1.79. The molecule has 0 aliphatic carbocycles. The SMILES string of the molecule is COc1ccc(Cl)cc1C(=O)N1CCC(Oc2nccs2)C1. The second-order valence-corrected chi connectivity index (χ2v) is 6.22. The molecule has 116 valence electrons. The molecule has 0 saturated carbocycles. The van der Waals surface area contributed by atoms with E-state index in [1.165, 1.54) is 11.3 Å². The average Bonchev–Trinajstić information content (AvgIpc) is 3.19. The molecule has 7 heteroatoms. The molecule has 1 unspecified atom stereocenters. The normalized spacial score (nSPS) is 17.5. The van der Waals surface area contributed by atoms with Crippen molar-refractivity contribution in [2.75, 3.05) is 20.2 Å². The lowest BCUT2D eigenvalue weighted by Crippen LogP contribution is -2.31. The van der Waals surface area contributed by atoms with Crippen LogP contribution in [0.2, 0.25) is 5.02 Å². The molecule has 2 aromatic rings. The lowest BCUT2D eigenvalue weighted by molar-refractivity contribution is 0.0769. The van der Waals surface area contributed by atoms with Crippen molar-refractivity contribution in [2.45, 2.75) is 12.5 Å². The van der Waals surface area contributed by atoms with Gasteiger partial charge in [0.15, 0.2) is 0 Å². The molecule has 5 nitrogen and oxygen atoms in total. The average molecular weight is 339 g/mol. The zero-order valence-corrected chi connectivity index (χ0v) is 13.6. The maximum Gasteiger partial charge on any atom is 0.273 e. The van der Waals surface area contributed by atoms with Crippen molar-refractivity contribution in [3.05, 3.63) is 40.4 Å². The highest BCUT2D eigenvalue weighted by Gasteiger charge is 2.30. The lowest BCUT2D eigenvalue weighted by Gasteiger charge is -2.18. The van der Waals surface area contributed by atoms with Gasteiger partial charge in [-0.15, -0.1) is 0 Å². The van der Waals surface area contributed by atoms with Crippen LogP contribution in [0.25, 0.3) is 0 Å². The summed E-state index contributed by atoms with van der Waals surface area (Å²) in [6, 6.07) is 5.04. The van der Waals surface area contributed by atoms with Gasteiger partial charge in [-0.3, -0.25) is 4.79 Å². The number of likely N-dealkylation sites (tertiary alicyclic amines) is 1. The quantitative estimate of drug-likeness (QED) is 0.859. The minimum Gasteiger partial charge on any atom is -0.496 e. The molecule has 1 aromatic heterocycles. The van der Waals surface area contributed by atoms with Gasteiger partial charge in [0.1, 0.15) is 11.9 Å². The molecule has 1 aliphatic heterocycles. The number of carbonyl (C=O) groups excluding carboxylic acids is 1. The number of hydrogen-bond donors (Lipinski definition) is 0. The van der Waals surface area contributed by atoms with Gasteiger partial charge in [0, 0.05) is 29.6 Å². The molecule has 1 fully saturated rings. The van der Waals surface area contributed by atoms with Crippen molar-refractivity contribution in [3.8, 4) is 10.9 Å². The number of benzene rings is 1. The number of nitrogens with zero attached hydrogens (tertiary/aromatic N) is 2. The van der Waals surface area contributed by atoms with Crippen LogP contribution in [-0.4, -0.2) is 42.1 Å². The summed E-state index contributed by atoms with van der Waals surface area (Å²) in [5.41, 5.74) is 0.477. The molecule has 0 radical (unpaired) electrons. The summed E-state index contributed by atoms with van der Waals surface area (Å²) in [4.78, 5) is 18.5. The van der Waals surface area contributed by atoms with E-state index in [9.17, 15) is 4.79 Å². The molecule has 0 spiro atoms. The molecule has 1 aromatic carbocycles.